The maximum atomic E-state index is 11.1. The molecule has 1 saturated carbocycles. The first-order chi connectivity index (χ1) is 8.15. The van der Waals surface area contributed by atoms with Gasteiger partial charge in [0.1, 0.15) is 5.78 Å². The number of likely N-dealkylation sites (N-methyl/N-ethyl adjacent to an activating group) is 1. The van der Waals surface area contributed by atoms with Crippen molar-refractivity contribution >= 4 is 5.78 Å². The molecule has 3 nitrogen and oxygen atoms in total. The number of hydrogen-bond donors (Lipinski definition) is 0. The molecule has 2 fully saturated rings. The van der Waals surface area contributed by atoms with Crippen LogP contribution in [0.4, 0.5) is 0 Å². The van der Waals surface area contributed by atoms with Crippen LogP contribution >= 0.6 is 0 Å². The Kier molecular flexibility index (Phi) is 4.57. The van der Waals surface area contributed by atoms with E-state index in [4.69, 9.17) is 0 Å². The number of carbonyl (C=O) groups is 1. The van der Waals surface area contributed by atoms with Crippen molar-refractivity contribution < 1.29 is 4.79 Å². The Morgan fingerprint density at radius 2 is 1.65 bits per heavy atom. The van der Waals surface area contributed by atoms with Crippen LogP contribution in [0, 0.1) is 5.92 Å². The summed E-state index contributed by atoms with van der Waals surface area (Å²) in [5.74, 6) is 1.05. The summed E-state index contributed by atoms with van der Waals surface area (Å²) in [5, 5.41) is 0. The van der Waals surface area contributed by atoms with E-state index in [0.29, 0.717) is 11.7 Å². The molecule has 0 bridgehead atoms. The lowest BCUT2D eigenvalue weighted by Gasteiger charge is -2.41. The number of carbonyl (C=O) groups excluding carboxylic acids is 1. The van der Waals surface area contributed by atoms with Gasteiger partial charge in [0.25, 0.3) is 0 Å². The molecule has 0 radical (unpaired) electrons. The Bertz CT molecular complexity index is 251. The van der Waals surface area contributed by atoms with Gasteiger partial charge in [-0.15, -0.1) is 0 Å². The zero-order valence-corrected chi connectivity index (χ0v) is 11.3. The van der Waals surface area contributed by atoms with Gasteiger partial charge in [0, 0.05) is 38.6 Å². The molecule has 1 aliphatic carbocycles. The fraction of sp³-hybridized carbons (Fsp3) is 0.929. The summed E-state index contributed by atoms with van der Waals surface area (Å²) in [5.41, 5.74) is 0. The normalized spacial score (nSPS) is 32.6. The molecule has 0 aromatic carbocycles. The van der Waals surface area contributed by atoms with Gasteiger partial charge in [-0.25, -0.2) is 0 Å². The third kappa shape index (κ3) is 3.78. The molecule has 1 heterocycles. The Hall–Kier alpha value is -0.410. The van der Waals surface area contributed by atoms with Crippen molar-refractivity contribution in [2.75, 3.05) is 33.2 Å². The Labute approximate surface area is 105 Å². The molecule has 0 unspecified atom stereocenters. The van der Waals surface area contributed by atoms with Gasteiger partial charge < -0.3 is 9.69 Å². The van der Waals surface area contributed by atoms with E-state index < -0.39 is 0 Å². The van der Waals surface area contributed by atoms with Crippen LogP contribution in [0.15, 0.2) is 0 Å². The first-order valence-electron chi connectivity index (χ1n) is 7.07. The highest BCUT2D eigenvalue weighted by Gasteiger charge is 2.27. The van der Waals surface area contributed by atoms with Gasteiger partial charge in [0.2, 0.25) is 0 Å². The molecule has 17 heavy (non-hydrogen) atoms. The van der Waals surface area contributed by atoms with Crippen LogP contribution in [0.2, 0.25) is 0 Å². The molecule has 3 heteroatoms. The molecule has 0 spiro atoms. The lowest BCUT2D eigenvalue weighted by molar-refractivity contribution is -0.118. The predicted molar refractivity (Wildman–Crippen MR) is 70.1 cm³/mol. The van der Waals surface area contributed by atoms with Crippen LogP contribution in [0.3, 0.4) is 0 Å². The first-order valence-corrected chi connectivity index (χ1v) is 7.07. The van der Waals surface area contributed by atoms with Crippen molar-refractivity contribution in [2.24, 2.45) is 5.92 Å². The second kappa shape index (κ2) is 5.96. The van der Waals surface area contributed by atoms with Crippen molar-refractivity contribution in [1.82, 2.24) is 9.80 Å². The van der Waals surface area contributed by atoms with Crippen LogP contribution in [-0.2, 0) is 4.79 Å². The van der Waals surface area contributed by atoms with Crippen LogP contribution in [0.25, 0.3) is 0 Å². The van der Waals surface area contributed by atoms with Crippen molar-refractivity contribution in [3.63, 3.8) is 0 Å². The second-order valence-corrected chi connectivity index (χ2v) is 5.92. The van der Waals surface area contributed by atoms with E-state index >= 15 is 0 Å². The maximum absolute atomic E-state index is 11.1. The summed E-state index contributed by atoms with van der Waals surface area (Å²) in [7, 11) is 2.21. The minimum absolute atomic E-state index is 0.369. The van der Waals surface area contributed by atoms with Gasteiger partial charge in [0.15, 0.2) is 0 Å². The van der Waals surface area contributed by atoms with Crippen molar-refractivity contribution in [3.05, 3.63) is 0 Å². The Morgan fingerprint density at radius 1 is 1.06 bits per heavy atom. The average Bonchev–Trinajstić information content (AvgIpc) is 2.30. The van der Waals surface area contributed by atoms with Gasteiger partial charge in [-0.2, -0.15) is 0 Å². The van der Waals surface area contributed by atoms with Gasteiger partial charge in [-0.3, -0.25) is 4.90 Å². The van der Waals surface area contributed by atoms with Crippen LogP contribution in [0.1, 0.15) is 39.0 Å². The highest BCUT2D eigenvalue weighted by molar-refractivity contribution is 5.75. The fourth-order valence-electron chi connectivity index (χ4n) is 3.31. The number of Topliss-reactive ketones (excluding diaryl/α,β-unsaturated/α-hetero) is 1. The standard InChI is InChI=1S/C14H26N2O/c1-12(17)11-13-3-5-14(6-4-13)16-9-7-15(2)8-10-16/h13-14H,3-11H2,1-2H3. The summed E-state index contributed by atoms with van der Waals surface area (Å²) >= 11 is 0. The number of nitrogens with zero attached hydrogens (tertiary/aromatic N) is 2. The second-order valence-electron chi connectivity index (χ2n) is 5.92. The van der Waals surface area contributed by atoms with Gasteiger partial charge in [-0.1, -0.05) is 0 Å². The predicted octanol–water partition coefficient (Wildman–Crippen LogP) is 1.77. The average molecular weight is 238 g/mol. The quantitative estimate of drug-likeness (QED) is 0.748. The van der Waals surface area contributed by atoms with E-state index in [0.717, 1.165) is 12.5 Å². The van der Waals surface area contributed by atoms with Gasteiger partial charge in [0.05, 0.1) is 0 Å². The van der Waals surface area contributed by atoms with E-state index in [1.54, 1.807) is 6.92 Å². The summed E-state index contributed by atoms with van der Waals surface area (Å²) in [6, 6.07) is 0.798. The van der Waals surface area contributed by atoms with Crippen molar-refractivity contribution in [2.45, 2.75) is 45.1 Å². The van der Waals surface area contributed by atoms with E-state index in [1.165, 1.54) is 51.9 Å². The SMILES string of the molecule is CC(=O)CC1CCC(N2CCN(C)CC2)CC1. The number of piperazine rings is 1. The van der Waals surface area contributed by atoms with Gasteiger partial charge >= 0.3 is 0 Å². The molecule has 0 aromatic rings. The lowest BCUT2D eigenvalue weighted by atomic mass is 9.82. The molecule has 0 aromatic heterocycles. The molecule has 0 N–H and O–H groups in total. The van der Waals surface area contributed by atoms with E-state index in [2.05, 4.69) is 16.8 Å². The summed E-state index contributed by atoms with van der Waals surface area (Å²) in [4.78, 5) is 16.2. The molecule has 2 rings (SSSR count). The largest absolute Gasteiger partial charge is 0.304 e. The minimum Gasteiger partial charge on any atom is -0.304 e. The van der Waals surface area contributed by atoms with E-state index in [9.17, 15) is 4.79 Å². The molecule has 0 amide bonds. The summed E-state index contributed by atoms with van der Waals surface area (Å²) < 4.78 is 0. The minimum atomic E-state index is 0.369. The van der Waals surface area contributed by atoms with Crippen molar-refractivity contribution in [3.8, 4) is 0 Å². The third-order valence-electron chi connectivity index (χ3n) is 4.45. The Balaban J connectivity index is 1.73. The number of hydrogen-bond acceptors (Lipinski definition) is 3. The molecular formula is C14H26N2O. The molecule has 1 saturated heterocycles. The molecule has 2 aliphatic rings. The highest BCUT2D eigenvalue weighted by atomic mass is 16.1. The third-order valence-corrected chi connectivity index (χ3v) is 4.45. The van der Waals surface area contributed by atoms with E-state index in [-0.39, 0.29) is 0 Å². The van der Waals surface area contributed by atoms with Crippen LogP contribution < -0.4 is 0 Å². The smallest absolute Gasteiger partial charge is 0.130 e. The van der Waals surface area contributed by atoms with Crippen molar-refractivity contribution in [1.29, 1.82) is 0 Å². The zero-order chi connectivity index (χ0) is 12.3. The zero-order valence-electron chi connectivity index (χ0n) is 11.3. The molecule has 1 aliphatic heterocycles. The highest BCUT2D eigenvalue weighted by Crippen LogP contribution is 2.30. The first kappa shape index (κ1) is 13.0. The molecule has 98 valence electrons. The summed E-state index contributed by atoms with van der Waals surface area (Å²) in [6.45, 7) is 6.63. The maximum Gasteiger partial charge on any atom is 0.130 e. The fourth-order valence-corrected chi connectivity index (χ4v) is 3.31. The number of ketones is 1. The molecule has 0 atom stereocenters. The lowest BCUT2D eigenvalue weighted by Crippen LogP contribution is -2.49. The van der Waals surface area contributed by atoms with Crippen LogP contribution in [0.5, 0.6) is 0 Å². The summed E-state index contributed by atoms with van der Waals surface area (Å²) in [6.07, 6.45) is 5.95. The van der Waals surface area contributed by atoms with E-state index in [1.807, 2.05) is 0 Å². The number of rotatable bonds is 3. The van der Waals surface area contributed by atoms with Gasteiger partial charge in [-0.05, 0) is 45.6 Å². The monoisotopic (exact) mass is 238 g/mol. The van der Waals surface area contributed by atoms with Crippen LogP contribution in [-0.4, -0.2) is 54.9 Å². The topological polar surface area (TPSA) is 23.6 Å². The molecular weight excluding hydrogens is 212 g/mol. The Morgan fingerprint density at radius 3 is 2.18 bits per heavy atom.